The minimum Gasteiger partial charge on any atom is -0.460 e. The summed E-state index contributed by atoms with van der Waals surface area (Å²) in [4.78, 5) is 61.7. The Kier molecular flexibility index (Phi) is 13.9. The van der Waals surface area contributed by atoms with E-state index in [-0.39, 0.29) is 63.0 Å². The molecular weight excluding hydrogens is 887 g/mol. The topological polar surface area (TPSA) is 261 Å². The van der Waals surface area contributed by atoms with E-state index >= 15 is 0 Å². The van der Waals surface area contributed by atoms with Crippen molar-refractivity contribution in [2.45, 2.75) is 157 Å². The highest BCUT2D eigenvalue weighted by Crippen LogP contribution is 2.63. The second-order valence-electron chi connectivity index (χ2n) is 20.2. The van der Waals surface area contributed by atoms with Gasteiger partial charge >= 0.3 is 11.9 Å². The van der Waals surface area contributed by atoms with Gasteiger partial charge in [0.2, 0.25) is 5.91 Å². The number of benzene rings is 2. The van der Waals surface area contributed by atoms with Gasteiger partial charge in [-0.15, -0.1) is 0 Å². The van der Waals surface area contributed by atoms with E-state index in [9.17, 15) is 44.7 Å². The highest BCUT2D eigenvalue weighted by atomic mass is 16.8. The smallest absolute Gasteiger partial charge is 0.327 e. The Balaban J connectivity index is 0.889. The largest absolute Gasteiger partial charge is 0.460 e. The number of nitrogens with zero attached hydrogens (tertiary/aromatic N) is 1. The van der Waals surface area contributed by atoms with Gasteiger partial charge in [0.25, 0.3) is 5.91 Å². The molecule has 0 aromatic heterocycles. The predicted molar refractivity (Wildman–Crippen MR) is 236 cm³/mol. The molecule has 2 aromatic carbocycles. The molecule has 4 aliphatic heterocycles. The molecule has 4 saturated heterocycles. The van der Waals surface area contributed by atoms with Crippen molar-refractivity contribution in [1.29, 1.82) is 0 Å². The van der Waals surface area contributed by atoms with E-state index in [1.54, 1.807) is 57.2 Å². The fourth-order valence-electron chi connectivity index (χ4n) is 10.5. The van der Waals surface area contributed by atoms with Gasteiger partial charge in [-0.25, -0.2) is 0 Å². The van der Waals surface area contributed by atoms with Crippen molar-refractivity contribution in [3.8, 4) is 0 Å². The maximum Gasteiger partial charge on any atom is 0.327 e. The van der Waals surface area contributed by atoms with Crippen LogP contribution in [0.15, 0.2) is 54.6 Å². The SMILES string of the molecule is CC(C)(C)OC(=O)CCC(CO)NC(=O)c1cccc(CNC(=O)C23CC4OC(=O)C2N(Cc2ccc(C=CCOC5OC(CO)C(O)C(O)C5O)cc2)OC3C2OC(C3CC3)(C3CC3)OC42)c1. The summed E-state index contributed by atoms with van der Waals surface area (Å²) in [6.45, 7) is 4.48. The Labute approximate surface area is 393 Å². The molecule has 12 atom stereocenters. The lowest BCUT2D eigenvalue weighted by Gasteiger charge is -2.48. The second kappa shape index (κ2) is 19.4. The number of fused-ring (bicyclic) bond motifs is 4. The van der Waals surface area contributed by atoms with Crippen molar-refractivity contribution in [2.75, 3.05) is 19.8 Å². The van der Waals surface area contributed by atoms with Crippen LogP contribution in [0.1, 0.15) is 92.8 Å². The van der Waals surface area contributed by atoms with E-state index in [2.05, 4.69) is 10.6 Å². The summed E-state index contributed by atoms with van der Waals surface area (Å²) in [5, 5.41) is 57.2. The summed E-state index contributed by atoms with van der Waals surface area (Å²) in [5.74, 6) is -2.31. The average molecular weight is 950 g/mol. The molecule has 4 heterocycles. The molecule has 68 heavy (non-hydrogen) atoms. The number of aliphatic hydroxyl groups is 5. The van der Waals surface area contributed by atoms with Crippen LogP contribution in [0, 0.1) is 17.3 Å². The summed E-state index contributed by atoms with van der Waals surface area (Å²) < 4.78 is 36.3. The molecule has 9 rings (SSSR count). The minimum absolute atomic E-state index is 0.0103. The first kappa shape index (κ1) is 48.6. The lowest BCUT2D eigenvalue weighted by molar-refractivity contribution is -0.298. The van der Waals surface area contributed by atoms with Crippen molar-refractivity contribution in [3.63, 3.8) is 0 Å². The number of ether oxygens (including phenoxy) is 6. The van der Waals surface area contributed by atoms with Gasteiger partial charge in [0.1, 0.15) is 59.8 Å². The lowest BCUT2D eigenvalue weighted by atomic mass is 9.62. The molecule has 12 unspecified atom stereocenters. The fourth-order valence-corrected chi connectivity index (χ4v) is 10.5. The Bertz CT molecular complexity index is 2200. The fraction of sp³-hybridized carbons (Fsp3) is 0.633. The van der Waals surface area contributed by atoms with Crippen LogP contribution in [-0.4, -0.2) is 153 Å². The summed E-state index contributed by atoms with van der Waals surface area (Å²) >= 11 is 0. The van der Waals surface area contributed by atoms with Gasteiger partial charge in [0.05, 0.1) is 32.4 Å². The third-order valence-corrected chi connectivity index (χ3v) is 14.1. The van der Waals surface area contributed by atoms with E-state index in [0.29, 0.717) is 5.56 Å². The molecule has 3 saturated carbocycles. The van der Waals surface area contributed by atoms with Crippen LogP contribution in [0.25, 0.3) is 6.08 Å². The summed E-state index contributed by atoms with van der Waals surface area (Å²) in [6, 6.07) is 12.3. The van der Waals surface area contributed by atoms with Crippen LogP contribution in [0.4, 0.5) is 0 Å². The molecular formula is C49H63N3O16. The monoisotopic (exact) mass is 949 g/mol. The van der Waals surface area contributed by atoms with Gasteiger partial charge in [-0.2, -0.15) is 5.06 Å². The van der Waals surface area contributed by atoms with Crippen molar-refractivity contribution in [2.24, 2.45) is 17.3 Å². The lowest BCUT2D eigenvalue weighted by Crippen LogP contribution is -2.69. The second-order valence-corrected chi connectivity index (χ2v) is 20.2. The van der Waals surface area contributed by atoms with E-state index in [4.69, 9.17) is 33.3 Å². The number of hydrogen-bond donors (Lipinski definition) is 7. The van der Waals surface area contributed by atoms with Gasteiger partial charge in [0, 0.05) is 36.8 Å². The number of rotatable bonds is 18. The minimum atomic E-state index is -1.55. The zero-order valence-electron chi connectivity index (χ0n) is 38.4. The molecule has 3 aliphatic carbocycles. The maximum atomic E-state index is 15.0. The zero-order valence-corrected chi connectivity index (χ0v) is 38.4. The molecule has 7 aliphatic rings. The van der Waals surface area contributed by atoms with Gasteiger partial charge in [-0.3, -0.25) is 24.0 Å². The highest BCUT2D eigenvalue weighted by Gasteiger charge is 2.78. The molecule has 7 N–H and O–H groups in total. The maximum absolute atomic E-state index is 15.0. The number of aliphatic hydroxyl groups excluding tert-OH is 5. The number of amides is 2. The molecule has 2 bridgehead atoms. The first-order chi connectivity index (χ1) is 32.5. The van der Waals surface area contributed by atoms with Gasteiger partial charge < -0.3 is 64.6 Å². The highest BCUT2D eigenvalue weighted by molar-refractivity contribution is 5.95. The van der Waals surface area contributed by atoms with Crippen molar-refractivity contribution >= 4 is 29.8 Å². The number of nitrogens with one attached hydrogen (secondary N) is 2. The van der Waals surface area contributed by atoms with E-state index in [0.717, 1.165) is 36.8 Å². The molecule has 2 aromatic rings. The van der Waals surface area contributed by atoms with Crippen molar-refractivity contribution < 1.29 is 78.0 Å². The van der Waals surface area contributed by atoms with E-state index in [1.165, 1.54) is 5.06 Å². The van der Waals surface area contributed by atoms with Crippen LogP contribution >= 0.6 is 0 Å². The van der Waals surface area contributed by atoms with Gasteiger partial charge in [0.15, 0.2) is 18.1 Å². The van der Waals surface area contributed by atoms with Crippen molar-refractivity contribution in [1.82, 2.24) is 15.7 Å². The predicted octanol–water partition coefficient (Wildman–Crippen LogP) is 1.15. The average Bonchev–Trinajstić information content (AvgIpc) is 4.27. The molecule has 19 heteroatoms. The number of carbonyl (C=O) groups excluding carboxylic acids is 4. The third kappa shape index (κ3) is 9.72. The number of carbonyl (C=O) groups is 4. The quantitative estimate of drug-likeness (QED) is 0.103. The van der Waals surface area contributed by atoms with Crippen LogP contribution < -0.4 is 10.6 Å². The van der Waals surface area contributed by atoms with Crippen LogP contribution in [-0.2, 0) is 60.7 Å². The molecule has 2 amide bonds. The first-order valence-corrected chi connectivity index (χ1v) is 23.7. The Morgan fingerprint density at radius 1 is 0.941 bits per heavy atom. The molecule has 7 fully saturated rings. The van der Waals surface area contributed by atoms with Gasteiger partial charge in [-0.05, 0) is 81.7 Å². The Morgan fingerprint density at radius 3 is 2.34 bits per heavy atom. The van der Waals surface area contributed by atoms with Crippen LogP contribution in [0.2, 0.25) is 0 Å². The standard InChI is InChI=1S/C49H63N3O16/c1-47(2,3)65-35(55)18-17-32(24-53)51-43(59)29-8-4-6-28(20-29)22-50-46(61)48-21-33-39-40(67-49(66-39,30-13-14-30)31-15-16-31)42(48)68-52(41(48)44(60)63-33)23-27-11-9-26(10-12-27)7-5-19-62-45-38(58)37(57)36(56)34(25-54)64-45/h4-12,20,30-34,36-42,45,53-54,56-58H,13-19,21-25H2,1-3H3,(H,50,61)(H,51,59). The number of hydroxylamine groups is 2. The van der Waals surface area contributed by atoms with E-state index < -0.39 is 114 Å². The summed E-state index contributed by atoms with van der Waals surface area (Å²) in [7, 11) is 0. The van der Waals surface area contributed by atoms with Gasteiger partial charge in [-0.1, -0.05) is 48.6 Å². The Morgan fingerprint density at radius 2 is 1.66 bits per heavy atom. The Hall–Kier alpha value is -4.38. The normalized spacial score (nSPS) is 33.4. The third-order valence-electron chi connectivity index (χ3n) is 14.1. The molecule has 370 valence electrons. The van der Waals surface area contributed by atoms with E-state index in [1.807, 2.05) is 24.3 Å². The summed E-state index contributed by atoms with van der Waals surface area (Å²) in [6.07, 6.45) is -2.18. The molecule has 19 nitrogen and oxygen atoms in total. The zero-order chi connectivity index (χ0) is 48.1. The van der Waals surface area contributed by atoms with Crippen LogP contribution in [0.3, 0.4) is 0 Å². The van der Waals surface area contributed by atoms with Crippen LogP contribution in [0.5, 0.6) is 0 Å². The number of esters is 2. The molecule has 0 radical (unpaired) electrons. The molecule has 0 spiro atoms. The van der Waals surface area contributed by atoms with Crippen molar-refractivity contribution in [3.05, 3.63) is 76.9 Å². The summed E-state index contributed by atoms with van der Waals surface area (Å²) in [5.41, 5.74) is 0.391. The number of hydrogen-bond acceptors (Lipinski definition) is 17. The first-order valence-electron chi connectivity index (χ1n) is 23.7.